The van der Waals surface area contributed by atoms with Crippen LogP contribution >= 0.6 is 0 Å². The number of anilines is 3. The van der Waals surface area contributed by atoms with Crippen LogP contribution in [0.15, 0.2) is 36.5 Å². The second-order valence-corrected chi connectivity index (χ2v) is 3.78. The van der Waals surface area contributed by atoms with Crippen LogP contribution in [0.1, 0.15) is 5.56 Å². The average molecular weight is 242 g/mol. The third-order valence-corrected chi connectivity index (χ3v) is 2.56. The van der Waals surface area contributed by atoms with E-state index in [1.807, 2.05) is 6.07 Å². The molecule has 0 radical (unpaired) electrons. The quantitative estimate of drug-likeness (QED) is 0.878. The van der Waals surface area contributed by atoms with Crippen LogP contribution < -0.4 is 10.6 Å². The highest BCUT2D eigenvalue weighted by Gasteiger charge is 2.09. The van der Waals surface area contributed by atoms with Crippen LogP contribution in [0.3, 0.4) is 0 Å². The maximum atomic E-state index is 12.8. The van der Waals surface area contributed by atoms with E-state index in [1.165, 1.54) is 18.3 Å². The molecule has 0 atom stereocenters. The van der Waals surface area contributed by atoms with E-state index < -0.39 is 0 Å². The molecule has 4 nitrogen and oxygen atoms in total. The summed E-state index contributed by atoms with van der Waals surface area (Å²) >= 11 is 0. The first-order chi connectivity index (χ1) is 8.61. The second kappa shape index (κ2) is 4.72. The Bertz CT molecular complexity index is 601. The number of nitrogens with two attached hydrogens (primary N) is 1. The Morgan fingerprint density at radius 1 is 1.33 bits per heavy atom. The van der Waals surface area contributed by atoms with Crippen LogP contribution in [0.5, 0.6) is 0 Å². The van der Waals surface area contributed by atoms with Gasteiger partial charge in [-0.05, 0) is 30.3 Å². The summed E-state index contributed by atoms with van der Waals surface area (Å²) in [5, 5.41) is 8.74. The number of pyridine rings is 1. The molecule has 2 N–H and O–H groups in total. The molecule has 0 aliphatic heterocycles. The van der Waals surface area contributed by atoms with Gasteiger partial charge in [-0.25, -0.2) is 9.37 Å². The minimum Gasteiger partial charge on any atom is -0.396 e. The third-order valence-electron chi connectivity index (χ3n) is 2.56. The highest BCUT2D eigenvalue weighted by molar-refractivity contribution is 5.71. The van der Waals surface area contributed by atoms with Crippen molar-refractivity contribution in [3.8, 4) is 6.07 Å². The van der Waals surface area contributed by atoms with Gasteiger partial charge in [0, 0.05) is 18.9 Å². The number of hydrogen-bond acceptors (Lipinski definition) is 4. The highest BCUT2D eigenvalue weighted by Crippen LogP contribution is 2.27. The molecule has 2 rings (SSSR count). The van der Waals surface area contributed by atoms with E-state index in [9.17, 15) is 4.39 Å². The van der Waals surface area contributed by atoms with E-state index in [2.05, 4.69) is 4.98 Å². The van der Waals surface area contributed by atoms with Crippen LogP contribution in [0.25, 0.3) is 0 Å². The van der Waals surface area contributed by atoms with E-state index in [4.69, 9.17) is 11.0 Å². The monoisotopic (exact) mass is 242 g/mol. The van der Waals surface area contributed by atoms with Gasteiger partial charge in [0.25, 0.3) is 0 Å². The molecule has 18 heavy (non-hydrogen) atoms. The van der Waals surface area contributed by atoms with Gasteiger partial charge in [-0.15, -0.1) is 0 Å². The molecule has 1 heterocycles. The zero-order chi connectivity index (χ0) is 13.1. The lowest BCUT2D eigenvalue weighted by Crippen LogP contribution is -2.13. The van der Waals surface area contributed by atoms with Gasteiger partial charge < -0.3 is 10.6 Å². The summed E-state index contributed by atoms with van der Waals surface area (Å²) in [7, 11) is 1.78. The molecule has 0 aliphatic carbocycles. The van der Waals surface area contributed by atoms with E-state index in [1.54, 1.807) is 30.1 Å². The maximum Gasteiger partial charge on any atom is 0.156 e. The van der Waals surface area contributed by atoms with Crippen LogP contribution in [0.2, 0.25) is 0 Å². The van der Waals surface area contributed by atoms with Crippen molar-refractivity contribution >= 4 is 17.2 Å². The zero-order valence-electron chi connectivity index (χ0n) is 9.76. The van der Waals surface area contributed by atoms with Crippen molar-refractivity contribution < 1.29 is 4.39 Å². The lowest BCUT2D eigenvalue weighted by atomic mass is 10.2. The van der Waals surface area contributed by atoms with E-state index in [-0.39, 0.29) is 5.82 Å². The van der Waals surface area contributed by atoms with E-state index >= 15 is 0 Å². The van der Waals surface area contributed by atoms with Crippen molar-refractivity contribution in [3.63, 3.8) is 0 Å². The molecule has 5 heteroatoms. The van der Waals surface area contributed by atoms with Gasteiger partial charge in [0.05, 0.1) is 11.3 Å². The number of hydrogen-bond donors (Lipinski definition) is 1. The number of benzene rings is 1. The summed E-state index contributed by atoms with van der Waals surface area (Å²) in [4.78, 5) is 5.86. The standard InChI is InChI=1S/C13H11FN4/c1-18(11-4-2-10(14)3-5-11)13-12(16)6-9(7-15)8-17-13/h2-6,8H,16H2,1H3. The topological polar surface area (TPSA) is 65.9 Å². The van der Waals surface area contributed by atoms with Crippen molar-refractivity contribution in [2.24, 2.45) is 0 Å². The Morgan fingerprint density at radius 2 is 2.00 bits per heavy atom. The summed E-state index contributed by atoms with van der Waals surface area (Å²) in [6, 6.07) is 9.53. The molecule has 0 amide bonds. The predicted molar refractivity (Wildman–Crippen MR) is 67.8 cm³/mol. The lowest BCUT2D eigenvalue weighted by Gasteiger charge is -2.19. The minimum atomic E-state index is -0.298. The molecule has 90 valence electrons. The molecule has 0 fully saturated rings. The summed E-state index contributed by atoms with van der Waals surface area (Å²) in [5.74, 6) is 0.230. The summed E-state index contributed by atoms with van der Waals surface area (Å²) < 4.78 is 12.8. The number of nitrogen functional groups attached to an aromatic ring is 1. The molecule has 2 aromatic rings. The smallest absolute Gasteiger partial charge is 0.156 e. The first-order valence-electron chi connectivity index (χ1n) is 5.26. The summed E-state index contributed by atoms with van der Waals surface area (Å²) in [6.45, 7) is 0. The summed E-state index contributed by atoms with van der Waals surface area (Å²) in [5.41, 5.74) is 7.41. The molecular weight excluding hydrogens is 231 g/mol. The van der Waals surface area contributed by atoms with Gasteiger partial charge >= 0.3 is 0 Å². The minimum absolute atomic E-state index is 0.298. The number of rotatable bonds is 2. The fraction of sp³-hybridized carbons (Fsp3) is 0.0769. The fourth-order valence-electron chi connectivity index (χ4n) is 1.60. The van der Waals surface area contributed by atoms with Gasteiger partial charge in [0.2, 0.25) is 0 Å². The second-order valence-electron chi connectivity index (χ2n) is 3.78. The maximum absolute atomic E-state index is 12.8. The Balaban J connectivity index is 2.37. The molecule has 1 aromatic carbocycles. The van der Waals surface area contributed by atoms with Crippen molar-refractivity contribution in [2.45, 2.75) is 0 Å². The van der Waals surface area contributed by atoms with Crippen molar-refractivity contribution in [1.29, 1.82) is 5.26 Å². The van der Waals surface area contributed by atoms with E-state index in [0.717, 1.165) is 5.69 Å². The first-order valence-corrected chi connectivity index (χ1v) is 5.26. The van der Waals surface area contributed by atoms with Crippen LogP contribution in [0.4, 0.5) is 21.6 Å². The van der Waals surface area contributed by atoms with Crippen molar-refractivity contribution in [1.82, 2.24) is 4.98 Å². The molecular formula is C13H11FN4. The van der Waals surface area contributed by atoms with Gasteiger partial charge in [-0.2, -0.15) is 5.26 Å². The first kappa shape index (κ1) is 11.9. The molecule has 0 unspecified atom stereocenters. The van der Waals surface area contributed by atoms with Gasteiger partial charge in [-0.1, -0.05) is 0 Å². The number of aromatic nitrogens is 1. The SMILES string of the molecule is CN(c1ccc(F)cc1)c1ncc(C#N)cc1N. The lowest BCUT2D eigenvalue weighted by molar-refractivity contribution is 0.628. The van der Waals surface area contributed by atoms with Crippen LogP contribution in [-0.4, -0.2) is 12.0 Å². The van der Waals surface area contributed by atoms with Crippen LogP contribution in [-0.2, 0) is 0 Å². The highest BCUT2D eigenvalue weighted by atomic mass is 19.1. The normalized spacial score (nSPS) is 9.83. The number of halogens is 1. The Labute approximate surface area is 104 Å². The zero-order valence-corrected chi connectivity index (χ0v) is 9.76. The van der Waals surface area contributed by atoms with Gasteiger partial charge in [0.1, 0.15) is 11.9 Å². The largest absolute Gasteiger partial charge is 0.396 e. The number of nitrogens with zero attached hydrogens (tertiary/aromatic N) is 3. The fourth-order valence-corrected chi connectivity index (χ4v) is 1.60. The van der Waals surface area contributed by atoms with Crippen LogP contribution in [0, 0.1) is 17.1 Å². The van der Waals surface area contributed by atoms with Crippen molar-refractivity contribution in [2.75, 3.05) is 17.7 Å². The van der Waals surface area contributed by atoms with Crippen molar-refractivity contribution in [3.05, 3.63) is 47.9 Å². The molecule has 1 aromatic heterocycles. The Morgan fingerprint density at radius 3 is 2.56 bits per heavy atom. The Kier molecular flexibility index (Phi) is 3.11. The molecule has 0 spiro atoms. The summed E-state index contributed by atoms with van der Waals surface area (Å²) in [6.07, 6.45) is 1.45. The third kappa shape index (κ3) is 2.23. The van der Waals surface area contributed by atoms with E-state index in [0.29, 0.717) is 17.1 Å². The molecule has 0 saturated heterocycles. The van der Waals surface area contributed by atoms with Gasteiger partial charge in [-0.3, -0.25) is 0 Å². The van der Waals surface area contributed by atoms with Gasteiger partial charge in [0.15, 0.2) is 5.82 Å². The molecule has 0 aliphatic rings. The molecule has 0 bridgehead atoms. The average Bonchev–Trinajstić information content (AvgIpc) is 2.38. The Hall–Kier alpha value is -2.61. The predicted octanol–water partition coefficient (Wildman–Crippen LogP) is 2.44. The number of nitriles is 1. The molecule has 0 saturated carbocycles.